The molecule has 0 fully saturated rings. The van der Waals surface area contributed by atoms with E-state index >= 15 is 0 Å². The van der Waals surface area contributed by atoms with Crippen molar-refractivity contribution in [3.8, 4) is 28.7 Å². The van der Waals surface area contributed by atoms with Crippen LogP contribution in [-0.4, -0.2) is 67.2 Å². The van der Waals surface area contributed by atoms with Gasteiger partial charge in [-0.1, -0.05) is 6.07 Å². The Morgan fingerprint density at radius 3 is 2.12 bits per heavy atom. The maximum atomic E-state index is 12.2. The van der Waals surface area contributed by atoms with Crippen LogP contribution in [0.1, 0.15) is 22.8 Å². The van der Waals surface area contributed by atoms with E-state index in [9.17, 15) is 45.0 Å². The van der Waals surface area contributed by atoms with E-state index in [0.717, 1.165) is 25.1 Å². The summed E-state index contributed by atoms with van der Waals surface area (Å²) in [6, 6.07) is 5.39. The number of hydrogen-bond acceptors (Lipinski definition) is 11. The molecule has 2 aromatic carbocycles. The van der Waals surface area contributed by atoms with Crippen LogP contribution in [-0.2, 0) is 19.1 Å². The molecule has 0 unspecified atom stereocenters. The van der Waals surface area contributed by atoms with Crippen molar-refractivity contribution in [1.29, 1.82) is 0 Å². The Morgan fingerprint density at radius 2 is 1.56 bits per heavy atom. The second kappa shape index (κ2) is 10.2. The Morgan fingerprint density at radius 1 is 0.938 bits per heavy atom. The van der Waals surface area contributed by atoms with Gasteiger partial charge in [-0.05, 0) is 42.8 Å². The molecule has 0 saturated heterocycles. The lowest BCUT2D eigenvalue weighted by molar-refractivity contribution is -0.147. The van der Waals surface area contributed by atoms with Gasteiger partial charge in [0, 0.05) is 6.08 Å². The number of phenolic OH excluding ortho intramolecular Hbond substituents is 5. The van der Waals surface area contributed by atoms with Gasteiger partial charge in [0.15, 0.2) is 40.6 Å². The first kappa shape index (κ1) is 24.0. The minimum absolute atomic E-state index is 0.338. The van der Waals surface area contributed by atoms with Crippen LogP contribution in [0.2, 0.25) is 0 Å². The van der Waals surface area contributed by atoms with Crippen molar-refractivity contribution in [2.75, 3.05) is 6.61 Å². The van der Waals surface area contributed by atoms with Crippen LogP contribution in [0, 0.1) is 0 Å². The zero-order valence-corrected chi connectivity index (χ0v) is 16.6. The highest BCUT2D eigenvalue weighted by atomic mass is 16.6. The molecule has 0 aliphatic rings. The van der Waals surface area contributed by atoms with Gasteiger partial charge in [-0.15, -0.1) is 0 Å². The van der Waals surface area contributed by atoms with Crippen molar-refractivity contribution in [3.63, 3.8) is 0 Å². The molecule has 2 atom stereocenters. The summed E-state index contributed by atoms with van der Waals surface area (Å²) in [6.45, 7) is 0.305. The topological polar surface area (TPSA) is 191 Å². The summed E-state index contributed by atoms with van der Waals surface area (Å²) < 4.78 is 9.70. The molecule has 0 heterocycles. The lowest BCUT2D eigenvalue weighted by atomic mass is 10.1. The van der Waals surface area contributed by atoms with E-state index in [2.05, 4.69) is 0 Å². The summed E-state index contributed by atoms with van der Waals surface area (Å²) in [5.41, 5.74) is -0.0397. The highest BCUT2D eigenvalue weighted by Gasteiger charge is 2.30. The molecule has 0 aliphatic heterocycles. The summed E-state index contributed by atoms with van der Waals surface area (Å²) >= 11 is 0. The van der Waals surface area contributed by atoms with Crippen LogP contribution >= 0.6 is 0 Å². The van der Waals surface area contributed by atoms with Crippen molar-refractivity contribution in [2.45, 2.75) is 19.1 Å². The fraction of sp³-hybridized carbons (Fsp3) is 0.190. The van der Waals surface area contributed by atoms with Gasteiger partial charge in [0.05, 0.1) is 5.56 Å². The number of ether oxygens (including phenoxy) is 2. The van der Waals surface area contributed by atoms with Crippen LogP contribution in [0.5, 0.6) is 28.7 Å². The number of esters is 2. The predicted molar refractivity (Wildman–Crippen MR) is 107 cm³/mol. The maximum Gasteiger partial charge on any atom is 0.339 e. The summed E-state index contributed by atoms with van der Waals surface area (Å²) in [5.74, 6) is -6.09. The van der Waals surface area contributed by atoms with Gasteiger partial charge in [-0.3, -0.25) is 4.79 Å². The Kier molecular flexibility index (Phi) is 7.64. The molecule has 11 heteroatoms. The lowest BCUT2D eigenvalue weighted by Crippen LogP contribution is -2.40. The average Bonchev–Trinajstić information content (AvgIpc) is 2.74. The second-order valence-electron chi connectivity index (χ2n) is 6.58. The standard InChI is InChI=1S/C21H20O11/c1-10(22)20(32-21(30)12-7-15(25)19(29)16(26)8-12)17(27)9-31-18(28)5-3-11-2-4-13(23)14(24)6-11/h2-8,17,20,23-27,29H,9H2,1H3/t17-,20+/m1/s1. The number of carbonyl (C=O) groups is 3. The number of carbonyl (C=O) groups excluding carboxylic acids is 3. The molecule has 0 amide bonds. The monoisotopic (exact) mass is 448 g/mol. The molecule has 6 N–H and O–H groups in total. The van der Waals surface area contributed by atoms with Gasteiger partial charge in [-0.2, -0.15) is 0 Å². The van der Waals surface area contributed by atoms with E-state index in [-0.39, 0.29) is 5.75 Å². The number of hydrogen-bond donors (Lipinski definition) is 6. The highest BCUT2D eigenvalue weighted by molar-refractivity contribution is 5.93. The summed E-state index contributed by atoms with van der Waals surface area (Å²) in [4.78, 5) is 35.8. The fourth-order valence-electron chi connectivity index (χ4n) is 2.45. The van der Waals surface area contributed by atoms with E-state index < -0.39 is 65.1 Å². The highest BCUT2D eigenvalue weighted by Crippen LogP contribution is 2.35. The zero-order valence-electron chi connectivity index (χ0n) is 16.6. The summed E-state index contributed by atoms with van der Waals surface area (Å²) in [5, 5.41) is 57.0. The van der Waals surface area contributed by atoms with Gasteiger partial charge < -0.3 is 40.1 Å². The smallest absolute Gasteiger partial charge is 0.339 e. The van der Waals surface area contributed by atoms with Crippen LogP contribution in [0.15, 0.2) is 36.4 Å². The van der Waals surface area contributed by atoms with Gasteiger partial charge in [-0.25, -0.2) is 9.59 Å². The molecule has 0 bridgehead atoms. The third kappa shape index (κ3) is 6.12. The maximum absolute atomic E-state index is 12.2. The molecule has 0 radical (unpaired) electrons. The minimum Gasteiger partial charge on any atom is -0.504 e. The number of aliphatic hydroxyl groups is 1. The van der Waals surface area contributed by atoms with E-state index in [0.29, 0.717) is 5.56 Å². The van der Waals surface area contributed by atoms with Crippen LogP contribution in [0.3, 0.4) is 0 Å². The SMILES string of the molecule is CC(=O)[C@H](OC(=O)c1cc(O)c(O)c(O)c1)[C@H](O)COC(=O)C=Cc1ccc(O)c(O)c1. The normalized spacial score (nSPS) is 12.8. The molecule has 0 aromatic heterocycles. The molecule has 2 rings (SSSR count). The zero-order chi connectivity index (χ0) is 24.0. The number of rotatable bonds is 8. The molecule has 0 spiro atoms. The predicted octanol–water partition coefficient (Wildman–Crippen LogP) is 0.946. The first-order valence-corrected chi connectivity index (χ1v) is 9.00. The first-order valence-electron chi connectivity index (χ1n) is 9.00. The second-order valence-corrected chi connectivity index (χ2v) is 6.58. The average molecular weight is 448 g/mol. The van der Waals surface area contributed by atoms with Crippen molar-refractivity contribution < 1.29 is 54.5 Å². The summed E-state index contributed by atoms with van der Waals surface area (Å²) in [7, 11) is 0. The third-order valence-electron chi connectivity index (χ3n) is 4.10. The van der Waals surface area contributed by atoms with E-state index in [1.54, 1.807) is 0 Å². The number of Topliss-reactive ketones (excluding diaryl/α,β-unsaturated/α-hetero) is 1. The van der Waals surface area contributed by atoms with Gasteiger partial charge >= 0.3 is 11.9 Å². The van der Waals surface area contributed by atoms with Crippen molar-refractivity contribution >= 4 is 23.8 Å². The molecule has 170 valence electrons. The number of aliphatic hydroxyl groups excluding tert-OH is 1. The lowest BCUT2D eigenvalue weighted by Gasteiger charge is -2.20. The summed E-state index contributed by atoms with van der Waals surface area (Å²) in [6.07, 6.45) is -1.23. The number of benzene rings is 2. The van der Waals surface area contributed by atoms with Crippen molar-refractivity contribution in [2.24, 2.45) is 0 Å². The number of aromatic hydroxyl groups is 5. The molecular weight excluding hydrogens is 428 g/mol. The van der Waals surface area contributed by atoms with Crippen molar-refractivity contribution in [1.82, 2.24) is 0 Å². The van der Waals surface area contributed by atoms with Crippen molar-refractivity contribution in [3.05, 3.63) is 47.5 Å². The Balaban J connectivity index is 1.99. The van der Waals surface area contributed by atoms with Crippen LogP contribution in [0.4, 0.5) is 0 Å². The van der Waals surface area contributed by atoms with E-state index in [4.69, 9.17) is 9.47 Å². The largest absolute Gasteiger partial charge is 0.504 e. The quantitative estimate of drug-likeness (QED) is 0.191. The number of ketones is 1. The molecular formula is C21H20O11. The molecule has 0 aliphatic carbocycles. The molecule has 32 heavy (non-hydrogen) atoms. The van der Waals surface area contributed by atoms with Crippen LogP contribution in [0.25, 0.3) is 6.08 Å². The fourth-order valence-corrected chi connectivity index (χ4v) is 2.45. The van der Waals surface area contributed by atoms with E-state index in [1.165, 1.54) is 24.3 Å². The first-order chi connectivity index (χ1) is 15.0. The van der Waals surface area contributed by atoms with Gasteiger partial charge in [0.1, 0.15) is 12.7 Å². The Hall–Kier alpha value is -4.25. The Bertz CT molecular complexity index is 1030. The third-order valence-corrected chi connectivity index (χ3v) is 4.10. The molecule has 11 nitrogen and oxygen atoms in total. The Labute approximate surface area is 181 Å². The van der Waals surface area contributed by atoms with E-state index in [1.807, 2.05) is 0 Å². The van der Waals surface area contributed by atoms with Gasteiger partial charge in [0.25, 0.3) is 0 Å². The molecule has 0 saturated carbocycles. The van der Waals surface area contributed by atoms with Crippen LogP contribution < -0.4 is 0 Å². The molecule has 2 aromatic rings. The minimum atomic E-state index is -1.73. The number of phenols is 5. The van der Waals surface area contributed by atoms with Gasteiger partial charge in [0.2, 0.25) is 0 Å².